The third kappa shape index (κ3) is 4.01. The minimum absolute atomic E-state index is 0.308. The van der Waals surface area contributed by atoms with Gasteiger partial charge in [-0.3, -0.25) is 9.78 Å². The molecule has 0 fully saturated rings. The van der Waals surface area contributed by atoms with Crippen LogP contribution in [0.1, 0.15) is 34.1 Å². The topological polar surface area (TPSA) is 68.3 Å². The van der Waals surface area contributed by atoms with E-state index in [1.807, 2.05) is 32.0 Å². The summed E-state index contributed by atoms with van der Waals surface area (Å²) in [5, 5.41) is 3.21. The molecule has 0 aliphatic heterocycles. The zero-order valence-corrected chi connectivity index (χ0v) is 16.0. The number of benzene rings is 2. The Kier molecular flexibility index (Phi) is 5.68. The third-order valence-corrected chi connectivity index (χ3v) is 4.57. The summed E-state index contributed by atoms with van der Waals surface area (Å²) in [4.78, 5) is 29.4. The molecule has 1 aromatic heterocycles. The second kappa shape index (κ2) is 8.17. The van der Waals surface area contributed by atoms with E-state index in [0.717, 1.165) is 11.3 Å². The van der Waals surface area contributed by atoms with Crippen LogP contribution in [-0.2, 0) is 16.0 Å². The molecule has 5 nitrogen and oxygen atoms in total. The number of aromatic nitrogens is 1. The van der Waals surface area contributed by atoms with Gasteiger partial charge in [-0.2, -0.15) is 0 Å². The first kappa shape index (κ1) is 19.5. The maximum atomic E-state index is 13.6. The lowest BCUT2D eigenvalue weighted by Gasteiger charge is -2.13. The average Bonchev–Trinajstić information content (AvgIpc) is 2.68. The van der Waals surface area contributed by atoms with E-state index in [2.05, 4.69) is 10.3 Å². The molecule has 0 radical (unpaired) electrons. The van der Waals surface area contributed by atoms with Crippen molar-refractivity contribution in [3.05, 3.63) is 70.7 Å². The zero-order valence-electron chi connectivity index (χ0n) is 16.0. The van der Waals surface area contributed by atoms with Crippen molar-refractivity contribution in [3.63, 3.8) is 0 Å². The maximum absolute atomic E-state index is 13.6. The number of hydrogen-bond acceptors (Lipinski definition) is 4. The Balaban J connectivity index is 1.77. The van der Waals surface area contributed by atoms with Crippen molar-refractivity contribution in [1.82, 2.24) is 4.98 Å². The van der Waals surface area contributed by atoms with Gasteiger partial charge in [-0.15, -0.1) is 0 Å². The summed E-state index contributed by atoms with van der Waals surface area (Å²) in [5.74, 6) is -1.54. The first-order chi connectivity index (χ1) is 13.4. The Labute approximate surface area is 162 Å². The molecule has 0 spiro atoms. The molecule has 0 saturated carbocycles. The molecular weight excluding hydrogens is 359 g/mol. The molecule has 0 saturated heterocycles. The largest absolute Gasteiger partial charge is 0.452 e. The first-order valence-electron chi connectivity index (χ1n) is 9.02. The molecular formula is C22H21FN2O3. The van der Waals surface area contributed by atoms with Crippen LogP contribution in [0.15, 0.2) is 42.5 Å². The molecule has 1 N–H and O–H groups in total. The van der Waals surface area contributed by atoms with Crippen LogP contribution in [0.3, 0.4) is 0 Å². The molecule has 2 aromatic carbocycles. The number of ether oxygens (including phenoxy) is 1. The Morgan fingerprint density at radius 3 is 2.61 bits per heavy atom. The number of nitrogens with zero attached hydrogens (tertiary/aromatic N) is 1. The highest BCUT2D eigenvalue weighted by Gasteiger charge is 2.19. The fraction of sp³-hybridized carbons (Fsp3) is 0.227. The number of rotatable bonds is 5. The van der Waals surface area contributed by atoms with E-state index in [1.54, 1.807) is 25.1 Å². The van der Waals surface area contributed by atoms with Crippen molar-refractivity contribution in [1.29, 1.82) is 0 Å². The number of para-hydroxylation sites is 1. The average molecular weight is 380 g/mol. The SMILES string of the molecule is CCc1nc2ccccc2c(C(=O)OCC(=O)Nc2ccc(C)c(F)c2)c1C. The summed E-state index contributed by atoms with van der Waals surface area (Å²) in [6, 6.07) is 11.7. The van der Waals surface area contributed by atoms with E-state index in [0.29, 0.717) is 34.1 Å². The van der Waals surface area contributed by atoms with Gasteiger partial charge in [0, 0.05) is 16.8 Å². The van der Waals surface area contributed by atoms with E-state index in [-0.39, 0.29) is 0 Å². The Morgan fingerprint density at radius 2 is 1.89 bits per heavy atom. The fourth-order valence-electron chi connectivity index (χ4n) is 3.04. The van der Waals surface area contributed by atoms with Gasteiger partial charge in [-0.1, -0.05) is 31.2 Å². The van der Waals surface area contributed by atoms with E-state index in [4.69, 9.17) is 4.74 Å². The van der Waals surface area contributed by atoms with Gasteiger partial charge in [-0.05, 0) is 49.6 Å². The summed E-state index contributed by atoms with van der Waals surface area (Å²) in [6.45, 7) is 4.96. The quantitative estimate of drug-likeness (QED) is 0.668. The number of aryl methyl sites for hydroxylation is 2. The first-order valence-corrected chi connectivity index (χ1v) is 9.02. The van der Waals surface area contributed by atoms with Crippen LogP contribution in [0, 0.1) is 19.7 Å². The number of fused-ring (bicyclic) bond motifs is 1. The number of halogens is 1. The summed E-state index contributed by atoms with van der Waals surface area (Å²) in [7, 11) is 0. The number of carbonyl (C=O) groups is 2. The predicted octanol–water partition coefficient (Wildman–Crippen LogP) is 4.35. The molecule has 3 aromatic rings. The third-order valence-electron chi connectivity index (χ3n) is 4.57. The van der Waals surface area contributed by atoms with Crippen LogP contribution in [-0.4, -0.2) is 23.5 Å². The zero-order chi connectivity index (χ0) is 20.3. The van der Waals surface area contributed by atoms with E-state index < -0.39 is 24.3 Å². The second-order valence-corrected chi connectivity index (χ2v) is 6.52. The van der Waals surface area contributed by atoms with Crippen molar-refractivity contribution in [3.8, 4) is 0 Å². The molecule has 3 rings (SSSR count). The normalized spacial score (nSPS) is 10.7. The summed E-state index contributed by atoms with van der Waals surface area (Å²) >= 11 is 0. The van der Waals surface area contributed by atoms with Gasteiger partial charge in [0.15, 0.2) is 6.61 Å². The number of nitrogens with one attached hydrogen (secondary N) is 1. The number of pyridine rings is 1. The lowest BCUT2D eigenvalue weighted by Crippen LogP contribution is -2.22. The predicted molar refractivity (Wildman–Crippen MR) is 106 cm³/mol. The van der Waals surface area contributed by atoms with E-state index >= 15 is 0 Å². The molecule has 0 aliphatic carbocycles. The number of anilines is 1. The van der Waals surface area contributed by atoms with Crippen molar-refractivity contribution in [2.75, 3.05) is 11.9 Å². The molecule has 28 heavy (non-hydrogen) atoms. The van der Waals surface area contributed by atoms with Gasteiger partial charge < -0.3 is 10.1 Å². The van der Waals surface area contributed by atoms with Crippen LogP contribution in [0.4, 0.5) is 10.1 Å². The number of amides is 1. The van der Waals surface area contributed by atoms with E-state index in [9.17, 15) is 14.0 Å². The number of carbonyl (C=O) groups excluding carboxylic acids is 2. The van der Waals surface area contributed by atoms with Gasteiger partial charge in [0.2, 0.25) is 0 Å². The molecule has 0 unspecified atom stereocenters. The second-order valence-electron chi connectivity index (χ2n) is 6.52. The lowest BCUT2D eigenvalue weighted by atomic mass is 10.0. The molecule has 0 bridgehead atoms. The highest BCUT2D eigenvalue weighted by molar-refractivity contribution is 6.05. The molecule has 1 amide bonds. The Morgan fingerprint density at radius 1 is 1.14 bits per heavy atom. The minimum atomic E-state index is -0.587. The van der Waals surface area contributed by atoms with Gasteiger partial charge in [-0.25, -0.2) is 9.18 Å². The van der Waals surface area contributed by atoms with Crippen molar-refractivity contribution >= 4 is 28.5 Å². The summed E-state index contributed by atoms with van der Waals surface area (Å²) < 4.78 is 18.8. The molecule has 0 aliphatic rings. The van der Waals surface area contributed by atoms with Crippen LogP contribution < -0.4 is 5.32 Å². The van der Waals surface area contributed by atoms with E-state index in [1.165, 1.54) is 6.07 Å². The van der Waals surface area contributed by atoms with Crippen molar-refractivity contribution in [2.24, 2.45) is 0 Å². The Bertz CT molecular complexity index is 1060. The van der Waals surface area contributed by atoms with Crippen LogP contribution >= 0.6 is 0 Å². The molecule has 1 heterocycles. The summed E-state index contributed by atoms with van der Waals surface area (Å²) in [5.41, 5.74) is 3.46. The van der Waals surface area contributed by atoms with Crippen molar-refractivity contribution in [2.45, 2.75) is 27.2 Å². The lowest BCUT2D eigenvalue weighted by molar-refractivity contribution is -0.119. The smallest absolute Gasteiger partial charge is 0.339 e. The molecule has 144 valence electrons. The van der Waals surface area contributed by atoms with Gasteiger partial charge in [0.1, 0.15) is 5.82 Å². The molecule has 6 heteroatoms. The van der Waals surface area contributed by atoms with Crippen LogP contribution in [0.25, 0.3) is 10.9 Å². The highest BCUT2D eigenvalue weighted by atomic mass is 19.1. The monoisotopic (exact) mass is 380 g/mol. The fourth-order valence-corrected chi connectivity index (χ4v) is 3.04. The minimum Gasteiger partial charge on any atom is -0.452 e. The molecule has 0 atom stereocenters. The highest BCUT2D eigenvalue weighted by Crippen LogP contribution is 2.24. The van der Waals surface area contributed by atoms with Crippen molar-refractivity contribution < 1.29 is 18.7 Å². The van der Waals surface area contributed by atoms with Crippen LogP contribution in [0.5, 0.6) is 0 Å². The van der Waals surface area contributed by atoms with Gasteiger partial charge in [0.25, 0.3) is 5.91 Å². The summed E-state index contributed by atoms with van der Waals surface area (Å²) in [6.07, 6.45) is 0.677. The van der Waals surface area contributed by atoms with Crippen LogP contribution in [0.2, 0.25) is 0 Å². The van der Waals surface area contributed by atoms with Gasteiger partial charge >= 0.3 is 5.97 Å². The number of hydrogen-bond donors (Lipinski definition) is 1. The number of esters is 1. The van der Waals surface area contributed by atoms with Gasteiger partial charge in [0.05, 0.1) is 11.1 Å². The Hall–Kier alpha value is -3.28. The maximum Gasteiger partial charge on any atom is 0.339 e. The standard InChI is InChI=1S/C22H21FN2O3/c1-4-18-14(3)21(16-7-5-6-8-19(16)25-18)22(27)28-12-20(26)24-15-10-9-13(2)17(23)11-15/h5-11H,4,12H2,1-3H3,(H,24,26).